The predicted molar refractivity (Wildman–Crippen MR) is 108 cm³/mol. The Balaban J connectivity index is 1.77. The number of hydrogen-bond donors (Lipinski definition) is 1. The molecule has 0 spiro atoms. The maximum Gasteiger partial charge on any atom is 0.221 e. The van der Waals surface area contributed by atoms with Gasteiger partial charge in [-0.3, -0.25) is 9.59 Å². The zero-order chi connectivity index (χ0) is 20.4. The summed E-state index contributed by atoms with van der Waals surface area (Å²) in [6.45, 7) is 2.95. The first kappa shape index (κ1) is 21.3. The third kappa shape index (κ3) is 6.61. The first-order valence-corrected chi connectivity index (χ1v) is 9.30. The maximum absolute atomic E-state index is 12.1. The lowest BCUT2D eigenvalue weighted by Crippen LogP contribution is -2.34. The highest BCUT2D eigenvalue weighted by Crippen LogP contribution is 2.27. The minimum Gasteiger partial charge on any atom is -0.493 e. The van der Waals surface area contributed by atoms with Crippen LogP contribution in [0.3, 0.4) is 0 Å². The Morgan fingerprint density at radius 2 is 1.68 bits per heavy atom. The summed E-state index contributed by atoms with van der Waals surface area (Å²) in [7, 11) is 3.19. The Hall–Kier alpha value is -3.02. The SMILES string of the molecule is COc1ccc(CCNC(=O)CCN(Cc2ccccc2)C(C)=O)cc1OC. The highest BCUT2D eigenvalue weighted by molar-refractivity contribution is 5.78. The van der Waals surface area contributed by atoms with Crippen molar-refractivity contribution >= 4 is 11.8 Å². The summed E-state index contributed by atoms with van der Waals surface area (Å²) in [5.74, 6) is 1.24. The molecule has 0 aliphatic carbocycles. The zero-order valence-electron chi connectivity index (χ0n) is 16.7. The van der Waals surface area contributed by atoms with Gasteiger partial charge in [-0.2, -0.15) is 0 Å². The van der Waals surface area contributed by atoms with Gasteiger partial charge >= 0.3 is 0 Å². The zero-order valence-corrected chi connectivity index (χ0v) is 16.7. The van der Waals surface area contributed by atoms with Crippen LogP contribution < -0.4 is 14.8 Å². The lowest BCUT2D eigenvalue weighted by atomic mass is 10.1. The Morgan fingerprint density at radius 1 is 0.964 bits per heavy atom. The fraction of sp³-hybridized carbons (Fsp3) is 0.364. The van der Waals surface area contributed by atoms with E-state index < -0.39 is 0 Å². The fourth-order valence-electron chi connectivity index (χ4n) is 2.86. The van der Waals surface area contributed by atoms with Crippen LogP contribution in [0.2, 0.25) is 0 Å². The normalized spacial score (nSPS) is 10.2. The van der Waals surface area contributed by atoms with E-state index in [-0.39, 0.29) is 18.2 Å². The molecule has 150 valence electrons. The van der Waals surface area contributed by atoms with Crippen molar-refractivity contribution in [3.8, 4) is 11.5 Å². The summed E-state index contributed by atoms with van der Waals surface area (Å²) in [6.07, 6.45) is 0.963. The molecule has 6 heteroatoms. The van der Waals surface area contributed by atoms with Crippen molar-refractivity contribution in [3.05, 3.63) is 59.7 Å². The van der Waals surface area contributed by atoms with Crippen LogP contribution >= 0.6 is 0 Å². The number of rotatable bonds is 10. The molecule has 0 unspecified atom stereocenters. The molecule has 0 heterocycles. The lowest BCUT2D eigenvalue weighted by molar-refractivity contribution is -0.130. The second-order valence-electron chi connectivity index (χ2n) is 6.47. The molecule has 2 aromatic carbocycles. The molecule has 0 saturated carbocycles. The first-order valence-electron chi connectivity index (χ1n) is 9.30. The van der Waals surface area contributed by atoms with Crippen molar-refractivity contribution in [2.75, 3.05) is 27.3 Å². The van der Waals surface area contributed by atoms with Gasteiger partial charge in [0.1, 0.15) is 0 Å². The predicted octanol–water partition coefficient (Wildman–Crippen LogP) is 2.80. The van der Waals surface area contributed by atoms with E-state index in [2.05, 4.69) is 5.32 Å². The number of nitrogens with one attached hydrogen (secondary N) is 1. The number of nitrogens with zero attached hydrogens (tertiary/aromatic N) is 1. The molecule has 6 nitrogen and oxygen atoms in total. The smallest absolute Gasteiger partial charge is 0.221 e. The van der Waals surface area contributed by atoms with E-state index in [1.807, 2.05) is 48.5 Å². The van der Waals surface area contributed by atoms with Gasteiger partial charge in [0, 0.05) is 33.0 Å². The van der Waals surface area contributed by atoms with E-state index in [1.165, 1.54) is 6.92 Å². The highest BCUT2D eigenvalue weighted by atomic mass is 16.5. The molecule has 0 fully saturated rings. The Bertz CT molecular complexity index is 777. The molecule has 0 aliphatic rings. The summed E-state index contributed by atoms with van der Waals surface area (Å²) in [6, 6.07) is 15.5. The van der Waals surface area contributed by atoms with E-state index >= 15 is 0 Å². The van der Waals surface area contributed by atoms with Gasteiger partial charge in [-0.15, -0.1) is 0 Å². The summed E-state index contributed by atoms with van der Waals surface area (Å²) < 4.78 is 10.5. The standard InChI is InChI=1S/C22H28N2O4/c1-17(25)24(16-19-7-5-4-6-8-19)14-12-22(26)23-13-11-18-9-10-20(27-2)21(15-18)28-3/h4-10,15H,11-14,16H2,1-3H3,(H,23,26). The van der Waals surface area contributed by atoms with Crippen LogP contribution in [0.25, 0.3) is 0 Å². The van der Waals surface area contributed by atoms with Crippen LogP contribution in [0.15, 0.2) is 48.5 Å². The van der Waals surface area contributed by atoms with E-state index in [9.17, 15) is 9.59 Å². The van der Waals surface area contributed by atoms with Crippen LogP contribution in [0.4, 0.5) is 0 Å². The molecule has 2 rings (SSSR count). The topological polar surface area (TPSA) is 67.9 Å². The third-order valence-corrected chi connectivity index (χ3v) is 4.45. The van der Waals surface area contributed by atoms with Gasteiger partial charge < -0.3 is 19.7 Å². The number of hydrogen-bond acceptors (Lipinski definition) is 4. The average molecular weight is 384 g/mol. The number of carbonyl (C=O) groups excluding carboxylic acids is 2. The van der Waals surface area contributed by atoms with Crippen LogP contribution in [0.1, 0.15) is 24.5 Å². The summed E-state index contributed by atoms with van der Waals surface area (Å²) in [5, 5.41) is 2.91. The van der Waals surface area contributed by atoms with Crippen LogP contribution in [-0.2, 0) is 22.6 Å². The number of carbonyl (C=O) groups is 2. The van der Waals surface area contributed by atoms with Crippen molar-refractivity contribution in [1.82, 2.24) is 10.2 Å². The molecule has 0 saturated heterocycles. The molecule has 0 aliphatic heterocycles. The number of ether oxygens (including phenoxy) is 2. The van der Waals surface area contributed by atoms with Crippen LogP contribution in [0.5, 0.6) is 11.5 Å². The first-order chi connectivity index (χ1) is 13.5. The summed E-state index contributed by atoms with van der Waals surface area (Å²) in [4.78, 5) is 25.7. The number of benzene rings is 2. The van der Waals surface area contributed by atoms with Gasteiger partial charge in [0.15, 0.2) is 11.5 Å². The van der Waals surface area contributed by atoms with Crippen molar-refractivity contribution in [2.45, 2.75) is 26.3 Å². The fourth-order valence-corrected chi connectivity index (χ4v) is 2.86. The molecule has 2 amide bonds. The summed E-state index contributed by atoms with van der Waals surface area (Å²) >= 11 is 0. The van der Waals surface area contributed by atoms with Crippen molar-refractivity contribution in [2.24, 2.45) is 0 Å². The number of amides is 2. The number of methoxy groups -OCH3 is 2. The third-order valence-electron chi connectivity index (χ3n) is 4.45. The molecule has 0 radical (unpaired) electrons. The minimum absolute atomic E-state index is 0.0398. The monoisotopic (exact) mass is 384 g/mol. The lowest BCUT2D eigenvalue weighted by Gasteiger charge is -2.21. The molecule has 28 heavy (non-hydrogen) atoms. The van der Waals surface area contributed by atoms with Crippen molar-refractivity contribution in [3.63, 3.8) is 0 Å². The van der Waals surface area contributed by atoms with E-state index in [4.69, 9.17) is 9.47 Å². The van der Waals surface area contributed by atoms with E-state index in [1.54, 1.807) is 19.1 Å². The average Bonchev–Trinajstić information content (AvgIpc) is 2.71. The minimum atomic E-state index is -0.0696. The van der Waals surface area contributed by atoms with E-state index in [0.717, 1.165) is 11.1 Å². The van der Waals surface area contributed by atoms with Gasteiger partial charge in [-0.05, 0) is 29.7 Å². The highest BCUT2D eigenvalue weighted by Gasteiger charge is 2.12. The molecule has 1 N–H and O–H groups in total. The van der Waals surface area contributed by atoms with E-state index in [0.29, 0.717) is 37.6 Å². The molecule has 0 aromatic heterocycles. The second-order valence-corrected chi connectivity index (χ2v) is 6.47. The largest absolute Gasteiger partial charge is 0.493 e. The molecule has 2 aromatic rings. The van der Waals surface area contributed by atoms with Gasteiger partial charge in [0.05, 0.1) is 14.2 Å². The van der Waals surface area contributed by atoms with Gasteiger partial charge in [0.2, 0.25) is 11.8 Å². The Morgan fingerprint density at radius 3 is 2.32 bits per heavy atom. The van der Waals surface area contributed by atoms with Crippen LogP contribution in [-0.4, -0.2) is 44.0 Å². The second kappa shape index (κ2) is 11.0. The van der Waals surface area contributed by atoms with Crippen molar-refractivity contribution < 1.29 is 19.1 Å². The molecular formula is C22H28N2O4. The molecule has 0 bridgehead atoms. The van der Waals surface area contributed by atoms with Gasteiger partial charge in [-0.25, -0.2) is 0 Å². The molecule has 0 atom stereocenters. The summed E-state index contributed by atoms with van der Waals surface area (Å²) in [5.41, 5.74) is 2.10. The van der Waals surface area contributed by atoms with Crippen molar-refractivity contribution in [1.29, 1.82) is 0 Å². The molecular weight excluding hydrogens is 356 g/mol. The van der Waals surface area contributed by atoms with Crippen LogP contribution in [0, 0.1) is 0 Å². The maximum atomic E-state index is 12.1. The Labute approximate surface area is 166 Å². The van der Waals surface area contributed by atoms with Gasteiger partial charge in [0.25, 0.3) is 0 Å². The Kier molecular flexibility index (Phi) is 8.34. The quantitative estimate of drug-likeness (QED) is 0.684. The van der Waals surface area contributed by atoms with Gasteiger partial charge in [-0.1, -0.05) is 36.4 Å².